The van der Waals surface area contributed by atoms with Gasteiger partial charge in [-0.2, -0.15) is 0 Å². The molecule has 20 heavy (non-hydrogen) atoms. The van der Waals surface area contributed by atoms with E-state index in [1.165, 1.54) is 24.3 Å². The van der Waals surface area contributed by atoms with Gasteiger partial charge in [0.2, 0.25) is 5.75 Å². The zero-order valence-electron chi connectivity index (χ0n) is 11.0. The van der Waals surface area contributed by atoms with E-state index in [4.69, 9.17) is 0 Å². The van der Waals surface area contributed by atoms with Crippen molar-refractivity contribution in [3.8, 4) is 17.2 Å². The van der Waals surface area contributed by atoms with E-state index in [1.54, 1.807) is 12.1 Å². The van der Waals surface area contributed by atoms with Crippen molar-refractivity contribution in [2.45, 2.75) is 19.5 Å². The first-order valence-electron chi connectivity index (χ1n) is 6.20. The number of nitrogens with one attached hydrogen (secondary N) is 1. The molecule has 2 rings (SSSR count). The van der Waals surface area contributed by atoms with Crippen LogP contribution in [0.5, 0.6) is 17.2 Å². The van der Waals surface area contributed by atoms with Crippen LogP contribution in [0.4, 0.5) is 4.39 Å². The monoisotopic (exact) mass is 277 g/mol. The van der Waals surface area contributed by atoms with Crippen molar-refractivity contribution in [2.24, 2.45) is 0 Å². The third-order valence-electron chi connectivity index (χ3n) is 3.18. The summed E-state index contributed by atoms with van der Waals surface area (Å²) in [4.78, 5) is 0. The smallest absolute Gasteiger partial charge is 0.200 e. The second kappa shape index (κ2) is 5.79. The number of phenolic OH excluding ortho intramolecular Hbond substituents is 3. The Morgan fingerprint density at radius 3 is 2.30 bits per heavy atom. The van der Waals surface area contributed by atoms with Crippen LogP contribution in [0.1, 0.15) is 24.1 Å². The first kappa shape index (κ1) is 14.1. The molecule has 0 aliphatic rings. The zero-order valence-corrected chi connectivity index (χ0v) is 11.0. The second-order valence-corrected chi connectivity index (χ2v) is 4.60. The van der Waals surface area contributed by atoms with E-state index in [0.717, 1.165) is 5.56 Å². The van der Waals surface area contributed by atoms with E-state index in [9.17, 15) is 19.7 Å². The predicted molar refractivity (Wildman–Crippen MR) is 73.1 cm³/mol. The van der Waals surface area contributed by atoms with Crippen LogP contribution < -0.4 is 5.32 Å². The Balaban J connectivity index is 2.05. The highest BCUT2D eigenvalue weighted by atomic mass is 19.1. The zero-order chi connectivity index (χ0) is 14.7. The first-order chi connectivity index (χ1) is 9.49. The van der Waals surface area contributed by atoms with Gasteiger partial charge in [0.1, 0.15) is 5.82 Å². The summed E-state index contributed by atoms with van der Waals surface area (Å²) in [5.41, 5.74) is 1.38. The van der Waals surface area contributed by atoms with Gasteiger partial charge in [0.15, 0.2) is 11.5 Å². The quantitative estimate of drug-likeness (QED) is 0.648. The fraction of sp³-hybridized carbons (Fsp3) is 0.200. The Morgan fingerprint density at radius 2 is 1.65 bits per heavy atom. The van der Waals surface area contributed by atoms with Gasteiger partial charge < -0.3 is 20.6 Å². The lowest BCUT2D eigenvalue weighted by Crippen LogP contribution is -2.18. The summed E-state index contributed by atoms with van der Waals surface area (Å²) in [6.45, 7) is 2.21. The van der Waals surface area contributed by atoms with Gasteiger partial charge in [-0.15, -0.1) is 0 Å². The Morgan fingerprint density at radius 1 is 1.00 bits per heavy atom. The highest BCUT2D eigenvalue weighted by Gasteiger charge is 2.12. The molecular weight excluding hydrogens is 261 g/mol. The Labute approximate surface area is 116 Å². The summed E-state index contributed by atoms with van der Waals surface area (Å²) in [6.07, 6.45) is 0. The van der Waals surface area contributed by atoms with Gasteiger partial charge in [-0.05, 0) is 30.7 Å². The van der Waals surface area contributed by atoms with Gasteiger partial charge in [-0.3, -0.25) is 0 Å². The summed E-state index contributed by atoms with van der Waals surface area (Å²) in [7, 11) is 0. The van der Waals surface area contributed by atoms with Crippen molar-refractivity contribution in [1.29, 1.82) is 0 Å². The summed E-state index contributed by atoms with van der Waals surface area (Å²) in [5.74, 6) is -1.53. The van der Waals surface area contributed by atoms with Crippen molar-refractivity contribution in [3.05, 3.63) is 53.3 Å². The molecule has 0 aliphatic heterocycles. The van der Waals surface area contributed by atoms with Crippen molar-refractivity contribution < 1.29 is 19.7 Å². The van der Waals surface area contributed by atoms with Crippen LogP contribution in [-0.2, 0) is 6.54 Å². The molecule has 2 aromatic rings. The molecule has 4 nitrogen and oxygen atoms in total. The third kappa shape index (κ3) is 3.00. The summed E-state index contributed by atoms with van der Waals surface area (Å²) in [6, 6.07) is 8.92. The van der Waals surface area contributed by atoms with E-state index in [2.05, 4.69) is 5.32 Å². The average Bonchev–Trinajstić information content (AvgIpc) is 2.44. The summed E-state index contributed by atoms with van der Waals surface area (Å²) < 4.78 is 12.8. The molecule has 0 saturated heterocycles. The van der Waals surface area contributed by atoms with Gasteiger partial charge in [0.05, 0.1) is 0 Å². The topological polar surface area (TPSA) is 72.7 Å². The molecule has 0 aromatic heterocycles. The minimum Gasteiger partial charge on any atom is -0.504 e. The highest BCUT2D eigenvalue weighted by Crippen LogP contribution is 2.37. The number of halogens is 1. The third-order valence-corrected chi connectivity index (χ3v) is 3.18. The van der Waals surface area contributed by atoms with Gasteiger partial charge in [-0.1, -0.05) is 18.2 Å². The number of aromatic hydroxyl groups is 3. The summed E-state index contributed by atoms with van der Waals surface area (Å²) in [5, 5.41) is 31.5. The van der Waals surface area contributed by atoms with Gasteiger partial charge in [-0.25, -0.2) is 4.39 Å². The van der Waals surface area contributed by atoms with E-state index in [0.29, 0.717) is 12.1 Å². The van der Waals surface area contributed by atoms with Crippen LogP contribution in [0.15, 0.2) is 36.4 Å². The summed E-state index contributed by atoms with van der Waals surface area (Å²) >= 11 is 0. The molecule has 0 heterocycles. The lowest BCUT2D eigenvalue weighted by atomic mass is 10.1. The molecule has 106 valence electrons. The standard InChI is InChI=1S/C15H16FNO3/c1-9(10-2-5-12(16)6-3-10)17-8-11-4-7-13(18)15(20)14(11)19/h2-7,9,17-20H,8H2,1H3/t9-/m1/s1. The van der Waals surface area contributed by atoms with Crippen molar-refractivity contribution >= 4 is 0 Å². The lowest BCUT2D eigenvalue weighted by Gasteiger charge is -2.15. The Bertz CT molecular complexity index is 599. The maximum atomic E-state index is 12.8. The minimum atomic E-state index is -0.529. The molecule has 2 aromatic carbocycles. The molecule has 0 unspecified atom stereocenters. The molecule has 0 saturated carbocycles. The number of phenols is 3. The van der Waals surface area contributed by atoms with E-state index >= 15 is 0 Å². The van der Waals surface area contributed by atoms with E-state index in [1.807, 2.05) is 6.92 Å². The van der Waals surface area contributed by atoms with Crippen LogP contribution in [-0.4, -0.2) is 15.3 Å². The second-order valence-electron chi connectivity index (χ2n) is 4.60. The first-order valence-corrected chi connectivity index (χ1v) is 6.20. The fourth-order valence-corrected chi connectivity index (χ4v) is 1.89. The molecule has 0 amide bonds. The van der Waals surface area contributed by atoms with Crippen LogP contribution >= 0.6 is 0 Å². The van der Waals surface area contributed by atoms with Crippen LogP contribution in [0, 0.1) is 5.82 Å². The van der Waals surface area contributed by atoms with Crippen molar-refractivity contribution in [3.63, 3.8) is 0 Å². The Hall–Kier alpha value is -2.27. The highest BCUT2D eigenvalue weighted by molar-refractivity contribution is 5.53. The number of rotatable bonds is 4. The maximum absolute atomic E-state index is 12.8. The van der Waals surface area contributed by atoms with Crippen LogP contribution in [0.25, 0.3) is 0 Å². The minimum absolute atomic E-state index is 0.0501. The predicted octanol–water partition coefficient (Wildman–Crippen LogP) is 2.79. The molecule has 4 N–H and O–H groups in total. The van der Waals surface area contributed by atoms with Gasteiger partial charge in [0, 0.05) is 18.2 Å². The molecule has 0 aliphatic carbocycles. The SMILES string of the molecule is C[C@@H](NCc1ccc(O)c(O)c1O)c1ccc(F)cc1. The molecule has 1 atom stereocenters. The van der Waals surface area contributed by atoms with Gasteiger partial charge in [0.25, 0.3) is 0 Å². The maximum Gasteiger partial charge on any atom is 0.200 e. The number of hydrogen-bond donors (Lipinski definition) is 4. The Kier molecular flexibility index (Phi) is 4.10. The molecule has 0 fully saturated rings. The van der Waals surface area contributed by atoms with Crippen LogP contribution in [0.3, 0.4) is 0 Å². The average molecular weight is 277 g/mol. The van der Waals surface area contributed by atoms with Crippen LogP contribution in [0.2, 0.25) is 0 Å². The number of hydrogen-bond acceptors (Lipinski definition) is 4. The molecule has 5 heteroatoms. The van der Waals surface area contributed by atoms with E-state index < -0.39 is 5.75 Å². The lowest BCUT2D eigenvalue weighted by molar-refractivity contribution is 0.363. The van der Waals surface area contributed by atoms with E-state index in [-0.39, 0.29) is 23.4 Å². The number of benzene rings is 2. The molecule has 0 bridgehead atoms. The van der Waals surface area contributed by atoms with Crippen molar-refractivity contribution in [1.82, 2.24) is 5.32 Å². The fourth-order valence-electron chi connectivity index (χ4n) is 1.89. The normalized spacial score (nSPS) is 12.3. The molecular formula is C15H16FNO3. The molecule has 0 spiro atoms. The molecule has 0 radical (unpaired) electrons. The van der Waals surface area contributed by atoms with Crippen molar-refractivity contribution in [2.75, 3.05) is 0 Å². The van der Waals surface area contributed by atoms with Gasteiger partial charge >= 0.3 is 0 Å². The largest absolute Gasteiger partial charge is 0.504 e.